The summed E-state index contributed by atoms with van der Waals surface area (Å²) < 4.78 is 6.36. The van der Waals surface area contributed by atoms with Crippen molar-refractivity contribution in [2.75, 3.05) is 0 Å². The zero-order valence-corrected chi connectivity index (χ0v) is 23.4. The molecule has 0 N–H and O–H groups in total. The van der Waals surface area contributed by atoms with Gasteiger partial charge in [-0.2, -0.15) is 0 Å². The van der Waals surface area contributed by atoms with Crippen LogP contribution in [0.4, 0.5) is 0 Å². The molecule has 0 unspecified atom stereocenters. The second kappa shape index (κ2) is 9.44. The molecule has 8 aromatic carbocycles. The summed E-state index contributed by atoms with van der Waals surface area (Å²) >= 11 is 0. The lowest BCUT2D eigenvalue weighted by molar-refractivity contribution is 0.669. The maximum absolute atomic E-state index is 6.36. The first kappa shape index (κ1) is 24.0. The van der Waals surface area contributed by atoms with E-state index < -0.39 is 0 Å². The monoisotopic (exact) mass is 546 g/mol. The Morgan fingerprint density at radius 3 is 1.74 bits per heavy atom. The highest BCUT2D eigenvalue weighted by Gasteiger charge is 2.21. The van der Waals surface area contributed by atoms with Crippen LogP contribution >= 0.6 is 0 Å². The molecule has 0 spiro atoms. The topological polar surface area (TPSA) is 13.1 Å². The Kier molecular flexibility index (Phi) is 5.27. The molecule has 0 aliphatic rings. The van der Waals surface area contributed by atoms with Gasteiger partial charge in [-0.25, -0.2) is 0 Å². The number of hydrogen-bond acceptors (Lipinski definition) is 1. The van der Waals surface area contributed by atoms with Crippen LogP contribution in [0.5, 0.6) is 0 Å². The van der Waals surface area contributed by atoms with Crippen LogP contribution in [-0.4, -0.2) is 0 Å². The average Bonchev–Trinajstić information content (AvgIpc) is 3.46. The van der Waals surface area contributed by atoms with Crippen LogP contribution in [0.3, 0.4) is 0 Å². The van der Waals surface area contributed by atoms with E-state index in [4.69, 9.17) is 4.42 Å². The van der Waals surface area contributed by atoms with Crippen molar-refractivity contribution in [1.29, 1.82) is 0 Å². The Balaban J connectivity index is 1.49. The van der Waals surface area contributed by atoms with Gasteiger partial charge in [-0.05, 0) is 83.9 Å². The van der Waals surface area contributed by atoms with Crippen molar-refractivity contribution >= 4 is 54.3 Å². The summed E-state index contributed by atoms with van der Waals surface area (Å²) in [5.74, 6) is 0. The van der Waals surface area contributed by atoms with E-state index in [0.717, 1.165) is 21.9 Å². The molecule has 0 fully saturated rings. The molecule has 0 aliphatic carbocycles. The van der Waals surface area contributed by atoms with Crippen molar-refractivity contribution in [3.63, 3.8) is 0 Å². The van der Waals surface area contributed by atoms with Crippen molar-refractivity contribution in [1.82, 2.24) is 0 Å². The highest BCUT2D eigenvalue weighted by Crippen LogP contribution is 2.48. The number of rotatable bonds is 3. The molecular weight excluding hydrogens is 520 g/mol. The van der Waals surface area contributed by atoms with Gasteiger partial charge in [0.15, 0.2) is 0 Å². The minimum atomic E-state index is 0.912. The molecule has 1 heteroatoms. The van der Waals surface area contributed by atoms with Gasteiger partial charge in [0, 0.05) is 10.8 Å². The smallest absolute Gasteiger partial charge is 0.136 e. The van der Waals surface area contributed by atoms with E-state index >= 15 is 0 Å². The molecule has 1 heterocycles. The summed E-state index contributed by atoms with van der Waals surface area (Å²) in [6.07, 6.45) is 0. The number of para-hydroxylation sites is 1. The summed E-state index contributed by atoms with van der Waals surface area (Å²) in [4.78, 5) is 0. The second-order valence-corrected chi connectivity index (χ2v) is 11.2. The lowest BCUT2D eigenvalue weighted by Gasteiger charge is -2.20. The summed E-state index contributed by atoms with van der Waals surface area (Å²) in [6, 6.07) is 56.8. The van der Waals surface area contributed by atoms with Gasteiger partial charge in [0.05, 0.1) is 0 Å². The third-order valence-corrected chi connectivity index (χ3v) is 8.86. The highest BCUT2D eigenvalue weighted by atomic mass is 16.3. The predicted molar refractivity (Wildman–Crippen MR) is 183 cm³/mol. The van der Waals surface area contributed by atoms with Crippen molar-refractivity contribution < 1.29 is 4.42 Å². The van der Waals surface area contributed by atoms with Crippen molar-refractivity contribution in [2.45, 2.75) is 0 Å². The minimum absolute atomic E-state index is 0.912. The van der Waals surface area contributed by atoms with Crippen LogP contribution in [0.1, 0.15) is 0 Å². The molecular formula is C42H26O. The fraction of sp³-hybridized carbons (Fsp3) is 0. The standard InChI is InChI=1S/C42H26O/c1-2-12-27(13-3-1)29-24-25-34-37(26-29)41(31-20-10-15-28-14-4-5-16-30(28)31)33-18-7-6-17-32(33)40(34)36-21-11-23-39-42(36)35-19-8-9-22-38(35)43-39/h1-26H. The normalized spacial score (nSPS) is 11.7. The van der Waals surface area contributed by atoms with Crippen LogP contribution < -0.4 is 0 Å². The third kappa shape index (κ3) is 3.65. The molecule has 0 radical (unpaired) electrons. The van der Waals surface area contributed by atoms with Gasteiger partial charge < -0.3 is 4.42 Å². The molecule has 0 bridgehead atoms. The van der Waals surface area contributed by atoms with Gasteiger partial charge in [0.25, 0.3) is 0 Å². The van der Waals surface area contributed by atoms with Crippen LogP contribution in [0, 0.1) is 0 Å². The number of fused-ring (bicyclic) bond motifs is 6. The zero-order valence-electron chi connectivity index (χ0n) is 23.4. The lowest BCUT2D eigenvalue weighted by atomic mass is 9.83. The van der Waals surface area contributed by atoms with Crippen LogP contribution in [-0.2, 0) is 0 Å². The summed E-state index contributed by atoms with van der Waals surface area (Å²) in [5, 5.41) is 9.78. The maximum Gasteiger partial charge on any atom is 0.136 e. The molecule has 1 nitrogen and oxygen atoms in total. The van der Waals surface area contributed by atoms with Crippen molar-refractivity contribution in [2.24, 2.45) is 0 Å². The van der Waals surface area contributed by atoms with Crippen LogP contribution in [0.15, 0.2) is 162 Å². The predicted octanol–water partition coefficient (Wildman–Crippen LogP) is 12.0. The SMILES string of the molecule is c1ccc(-c2ccc3c(-c4cccc5oc6ccccc6c45)c4ccccc4c(-c4cccc5ccccc45)c3c2)cc1. The first-order chi connectivity index (χ1) is 21.3. The fourth-order valence-corrected chi connectivity index (χ4v) is 7.00. The Labute approximate surface area is 249 Å². The Bertz CT molecular complexity index is 2490. The van der Waals surface area contributed by atoms with Gasteiger partial charge in [-0.1, -0.05) is 140 Å². The first-order valence-corrected chi connectivity index (χ1v) is 14.8. The molecule has 43 heavy (non-hydrogen) atoms. The molecule has 0 aliphatic heterocycles. The number of benzene rings is 8. The molecule has 1 aromatic heterocycles. The van der Waals surface area contributed by atoms with E-state index in [1.807, 2.05) is 6.07 Å². The molecule has 0 atom stereocenters. The molecule has 9 aromatic rings. The minimum Gasteiger partial charge on any atom is -0.456 e. The van der Waals surface area contributed by atoms with E-state index in [2.05, 4.69) is 152 Å². The Hall–Kier alpha value is -5.66. The van der Waals surface area contributed by atoms with E-state index in [1.54, 1.807) is 0 Å². The largest absolute Gasteiger partial charge is 0.456 e. The maximum atomic E-state index is 6.36. The first-order valence-electron chi connectivity index (χ1n) is 14.8. The van der Waals surface area contributed by atoms with E-state index in [9.17, 15) is 0 Å². The molecule has 9 rings (SSSR count). The Morgan fingerprint density at radius 2 is 0.907 bits per heavy atom. The third-order valence-electron chi connectivity index (χ3n) is 8.86. The highest BCUT2D eigenvalue weighted by molar-refractivity contribution is 6.27. The van der Waals surface area contributed by atoms with Crippen molar-refractivity contribution in [3.8, 4) is 33.4 Å². The van der Waals surface area contributed by atoms with Crippen LogP contribution in [0.2, 0.25) is 0 Å². The van der Waals surface area contributed by atoms with Gasteiger partial charge in [0.2, 0.25) is 0 Å². The van der Waals surface area contributed by atoms with E-state index in [-0.39, 0.29) is 0 Å². The number of furan rings is 1. The summed E-state index contributed by atoms with van der Waals surface area (Å²) in [7, 11) is 0. The van der Waals surface area contributed by atoms with Gasteiger partial charge >= 0.3 is 0 Å². The number of hydrogen-bond donors (Lipinski definition) is 0. The van der Waals surface area contributed by atoms with E-state index in [0.29, 0.717) is 0 Å². The zero-order chi connectivity index (χ0) is 28.3. The summed E-state index contributed by atoms with van der Waals surface area (Å²) in [6.45, 7) is 0. The summed E-state index contributed by atoms with van der Waals surface area (Å²) in [5.41, 5.74) is 9.21. The molecule has 0 saturated heterocycles. The molecule has 0 amide bonds. The van der Waals surface area contributed by atoms with Gasteiger partial charge in [-0.3, -0.25) is 0 Å². The van der Waals surface area contributed by atoms with Gasteiger partial charge in [0.1, 0.15) is 11.2 Å². The van der Waals surface area contributed by atoms with Crippen LogP contribution in [0.25, 0.3) is 87.6 Å². The quantitative estimate of drug-likeness (QED) is 0.201. The fourth-order valence-electron chi connectivity index (χ4n) is 7.00. The van der Waals surface area contributed by atoms with Crippen molar-refractivity contribution in [3.05, 3.63) is 158 Å². The molecule has 200 valence electrons. The average molecular weight is 547 g/mol. The van der Waals surface area contributed by atoms with Gasteiger partial charge in [-0.15, -0.1) is 0 Å². The van der Waals surface area contributed by atoms with E-state index in [1.165, 1.54) is 65.7 Å². The Morgan fingerprint density at radius 1 is 0.326 bits per heavy atom. The molecule has 0 saturated carbocycles. The second-order valence-electron chi connectivity index (χ2n) is 11.2. The lowest BCUT2D eigenvalue weighted by Crippen LogP contribution is -1.93.